The molecule has 0 bridgehead atoms. The molecule has 21 heavy (non-hydrogen) atoms. The Balaban J connectivity index is 2.39. The van der Waals surface area contributed by atoms with Crippen molar-refractivity contribution in [2.75, 3.05) is 18.1 Å². The van der Waals surface area contributed by atoms with E-state index in [-0.39, 0.29) is 25.7 Å². The number of carbonyl (C=O) groups excluding carboxylic acids is 2. The minimum Gasteiger partial charge on any atom is -0.482 e. The summed E-state index contributed by atoms with van der Waals surface area (Å²) in [6, 6.07) is 4.39. The first kappa shape index (κ1) is 15.3. The average Bonchev–Trinajstić information content (AvgIpc) is 2.50. The zero-order valence-corrected chi connectivity index (χ0v) is 12.2. The van der Waals surface area contributed by atoms with Crippen LogP contribution in [0.2, 0.25) is 0 Å². The second-order valence-electron chi connectivity index (χ2n) is 4.69. The molecule has 1 heterocycles. The molecule has 0 spiro atoms. The summed E-state index contributed by atoms with van der Waals surface area (Å²) < 4.78 is 10.4. The number of esters is 1. The van der Waals surface area contributed by atoms with Crippen LogP contribution in [0, 0.1) is 0 Å². The van der Waals surface area contributed by atoms with E-state index in [0.717, 1.165) is 0 Å². The minimum absolute atomic E-state index is 0.111. The Morgan fingerprint density at radius 2 is 2.24 bits per heavy atom. The minimum atomic E-state index is -0.667. The number of carbonyl (C=O) groups is 2. The first-order chi connectivity index (χ1) is 10.1. The highest BCUT2D eigenvalue weighted by Crippen LogP contribution is 2.35. The number of aliphatic hydroxyl groups excluding tert-OH is 1. The van der Waals surface area contributed by atoms with Crippen molar-refractivity contribution in [1.29, 1.82) is 0 Å². The average molecular weight is 293 g/mol. The van der Waals surface area contributed by atoms with Crippen molar-refractivity contribution in [2.24, 2.45) is 0 Å². The SMILES string of the molecule is CCOC(=O)C(CC)N1C(=O)COc2cc(CO)ccc21. The molecule has 0 saturated carbocycles. The lowest BCUT2D eigenvalue weighted by atomic mass is 10.1. The molecule has 1 N–H and O–H groups in total. The maximum atomic E-state index is 12.2. The predicted octanol–water partition coefficient (Wildman–Crippen LogP) is 1.25. The largest absolute Gasteiger partial charge is 0.482 e. The molecular weight excluding hydrogens is 274 g/mol. The van der Waals surface area contributed by atoms with E-state index in [0.29, 0.717) is 23.4 Å². The number of amides is 1. The summed E-state index contributed by atoms with van der Waals surface area (Å²) in [6.45, 7) is 3.58. The molecule has 0 aliphatic carbocycles. The van der Waals surface area contributed by atoms with Crippen molar-refractivity contribution in [1.82, 2.24) is 0 Å². The van der Waals surface area contributed by atoms with E-state index >= 15 is 0 Å². The number of fused-ring (bicyclic) bond motifs is 1. The van der Waals surface area contributed by atoms with Gasteiger partial charge in [-0.05, 0) is 31.0 Å². The van der Waals surface area contributed by atoms with Gasteiger partial charge in [-0.15, -0.1) is 0 Å². The van der Waals surface area contributed by atoms with Gasteiger partial charge < -0.3 is 14.6 Å². The van der Waals surface area contributed by atoms with E-state index in [1.165, 1.54) is 4.90 Å². The van der Waals surface area contributed by atoms with Gasteiger partial charge in [0.15, 0.2) is 6.61 Å². The van der Waals surface area contributed by atoms with Gasteiger partial charge in [-0.2, -0.15) is 0 Å². The Bertz CT molecular complexity index is 543. The van der Waals surface area contributed by atoms with Crippen LogP contribution in [0.25, 0.3) is 0 Å². The lowest BCUT2D eigenvalue weighted by Crippen LogP contribution is -2.49. The van der Waals surface area contributed by atoms with E-state index in [1.807, 2.05) is 6.92 Å². The third-order valence-corrected chi connectivity index (χ3v) is 3.34. The number of nitrogens with zero attached hydrogens (tertiary/aromatic N) is 1. The molecule has 1 amide bonds. The molecule has 1 unspecified atom stereocenters. The van der Waals surface area contributed by atoms with Crippen molar-refractivity contribution in [3.05, 3.63) is 23.8 Å². The van der Waals surface area contributed by atoms with Gasteiger partial charge >= 0.3 is 5.97 Å². The highest BCUT2D eigenvalue weighted by Gasteiger charge is 2.35. The molecule has 114 valence electrons. The fourth-order valence-corrected chi connectivity index (χ4v) is 2.35. The summed E-state index contributed by atoms with van der Waals surface area (Å²) >= 11 is 0. The van der Waals surface area contributed by atoms with Gasteiger partial charge in [0.1, 0.15) is 11.8 Å². The van der Waals surface area contributed by atoms with Crippen LogP contribution in [0.15, 0.2) is 18.2 Å². The fraction of sp³-hybridized carbons (Fsp3) is 0.467. The molecule has 2 rings (SSSR count). The zero-order chi connectivity index (χ0) is 15.4. The molecule has 1 aromatic carbocycles. The van der Waals surface area contributed by atoms with E-state index in [9.17, 15) is 9.59 Å². The Labute approximate surface area is 123 Å². The maximum absolute atomic E-state index is 12.2. The Kier molecular flexibility index (Phi) is 4.80. The van der Waals surface area contributed by atoms with E-state index in [2.05, 4.69) is 0 Å². The molecule has 0 radical (unpaired) electrons. The number of ether oxygens (including phenoxy) is 2. The van der Waals surface area contributed by atoms with Crippen LogP contribution in [0.1, 0.15) is 25.8 Å². The molecular formula is C15H19NO5. The number of aliphatic hydroxyl groups is 1. The Morgan fingerprint density at radius 1 is 1.48 bits per heavy atom. The quantitative estimate of drug-likeness (QED) is 0.827. The maximum Gasteiger partial charge on any atom is 0.329 e. The second-order valence-corrected chi connectivity index (χ2v) is 4.69. The van der Waals surface area contributed by atoms with Crippen LogP contribution < -0.4 is 9.64 Å². The molecule has 6 nitrogen and oxygen atoms in total. The van der Waals surface area contributed by atoms with Gasteiger partial charge in [0.05, 0.1) is 18.9 Å². The molecule has 1 aliphatic heterocycles. The standard InChI is InChI=1S/C15H19NO5/c1-3-11(15(19)20-4-2)16-12-6-5-10(8-17)7-13(12)21-9-14(16)18/h5-7,11,17H,3-4,8-9H2,1-2H3. The van der Waals surface area contributed by atoms with Crippen molar-refractivity contribution in [3.63, 3.8) is 0 Å². The Morgan fingerprint density at radius 3 is 2.86 bits per heavy atom. The van der Waals surface area contributed by atoms with Crippen molar-refractivity contribution in [3.8, 4) is 5.75 Å². The molecule has 1 aliphatic rings. The van der Waals surface area contributed by atoms with E-state index < -0.39 is 12.0 Å². The van der Waals surface area contributed by atoms with Gasteiger partial charge in [-0.1, -0.05) is 13.0 Å². The lowest BCUT2D eigenvalue weighted by molar-refractivity contribution is -0.146. The van der Waals surface area contributed by atoms with Gasteiger partial charge in [-0.3, -0.25) is 9.69 Å². The van der Waals surface area contributed by atoms with Crippen molar-refractivity contribution >= 4 is 17.6 Å². The second kappa shape index (κ2) is 6.58. The molecule has 1 atom stereocenters. The number of hydrogen-bond donors (Lipinski definition) is 1. The van der Waals surface area contributed by atoms with Crippen LogP contribution in [0.4, 0.5) is 5.69 Å². The van der Waals surface area contributed by atoms with Crippen molar-refractivity contribution < 1.29 is 24.2 Å². The number of anilines is 1. The summed E-state index contributed by atoms with van der Waals surface area (Å²) in [4.78, 5) is 25.6. The topological polar surface area (TPSA) is 76.1 Å². The molecule has 0 fully saturated rings. The van der Waals surface area contributed by atoms with Gasteiger partial charge in [0.25, 0.3) is 5.91 Å². The number of rotatable bonds is 5. The van der Waals surface area contributed by atoms with Crippen LogP contribution in [0.5, 0.6) is 5.75 Å². The van der Waals surface area contributed by atoms with E-state index in [4.69, 9.17) is 14.6 Å². The van der Waals surface area contributed by atoms with Crippen LogP contribution in [0.3, 0.4) is 0 Å². The van der Waals surface area contributed by atoms with Gasteiger partial charge in [0.2, 0.25) is 0 Å². The third-order valence-electron chi connectivity index (χ3n) is 3.34. The normalized spacial score (nSPS) is 15.2. The van der Waals surface area contributed by atoms with Gasteiger partial charge in [-0.25, -0.2) is 4.79 Å². The molecule has 1 aromatic rings. The highest BCUT2D eigenvalue weighted by atomic mass is 16.5. The first-order valence-corrected chi connectivity index (χ1v) is 6.97. The van der Waals surface area contributed by atoms with E-state index in [1.54, 1.807) is 25.1 Å². The van der Waals surface area contributed by atoms with Crippen LogP contribution in [-0.4, -0.2) is 36.2 Å². The van der Waals surface area contributed by atoms with Gasteiger partial charge in [0, 0.05) is 0 Å². The summed E-state index contributed by atoms with van der Waals surface area (Å²) in [7, 11) is 0. The summed E-state index contributed by atoms with van der Waals surface area (Å²) in [5, 5.41) is 9.16. The third kappa shape index (κ3) is 3.00. The van der Waals surface area contributed by atoms with Crippen LogP contribution >= 0.6 is 0 Å². The summed E-state index contributed by atoms with van der Waals surface area (Å²) in [5.74, 6) is -0.213. The van der Waals surface area contributed by atoms with Crippen molar-refractivity contribution in [2.45, 2.75) is 32.9 Å². The monoisotopic (exact) mass is 293 g/mol. The fourth-order valence-electron chi connectivity index (χ4n) is 2.35. The predicted molar refractivity (Wildman–Crippen MR) is 76.1 cm³/mol. The number of hydrogen-bond acceptors (Lipinski definition) is 5. The molecule has 0 saturated heterocycles. The summed E-state index contributed by atoms with van der Waals surface area (Å²) in [5.41, 5.74) is 1.22. The highest BCUT2D eigenvalue weighted by molar-refractivity contribution is 6.02. The van der Waals surface area contributed by atoms with Crippen LogP contribution in [-0.2, 0) is 20.9 Å². The summed E-state index contributed by atoms with van der Waals surface area (Å²) in [6.07, 6.45) is 0.450. The Hall–Kier alpha value is -2.08. The smallest absolute Gasteiger partial charge is 0.329 e. The molecule has 0 aromatic heterocycles. The first-order valence-electron chi connectivity index (χ1n) is 6.97. The lowest BCUT2D eigenvalue weighted by Gasteiger charge is -2.34. The zero-order valence-electron chi connectivity index (χ0n) is 12.2. The number of benzene rings is 1. The molecule has 6 heteroatoms.